The molecule has 0 bridgehead atoms. The number of nitrogens with zero attached hydrogens (tertiary/aromatic N) is 3. The van der Waals surface area contributed by atoms with Gasteiger partial charge in [0.2, 0.25) is 6.71 Å². The van der Waals surface area contributed by atoms with Crippen LogP contribution in [0.4, 0.5) is 28.4 Å². The highest BCUT2D eigenvalue weighted by Crippen LogP contribution is 2.67. The molecule has 0 N–H and O–H groups in total. The molecule has 0 saturated heterocycles. The highest BCUT2D eigenvalue weighted by molar-refractivity contribution is 6.92. The van der Waals surface area contributed by atoms with E-state index in [4.69, 9.17) is 0 Å². The smallest absolute Gasteiger partial charge is 0.227 e. The van der Waals surface area contributed by atoms with Crippen molar-refractivity contribution in [1.29, 1.82) is 0 Å². The van der Waals surface area contributed by atoms with Crippen LogP contribution in [0.1, 0.15) is 194 Å². The number of benzene rings is 4. The third kappa shape index (κ3) is 5.65. The number of anilines is 5. The van der Waals surface area contributed by atoms with Crippen molar-refractivity contribution in [3.05, 3.63) is 140 Å². The zero-order chi connectivity index (χ0) is 50.1. The van der Waals surface area contributed by atoms with Gasteiger partial charge in [0.05, 0.1) is 17.1 Å². The largest absolute Gasteiger partial charge is 0.338 e. The van der Waals surface area contributed by atoms with Crippen molar-refractivity contribution in [2.45, 2.75) is 213 Å². The van der Waals surface area contributed by atoms with Crippen LogP contribution in [0.15, 0.2) is 101 Å². The van der Waals surface area contributed by atoms with Crippen LogP contribution in [-0.4, -0.2) is 23.8 Å². The summed E-state index contributed by atoms with van der Waals surface area (Å²) in [6.07, 6.45) is 19.1. The van der Waals surface area contributed by atoms with E-state index in [2.05, 4.69) is 204 Å². The third-order valence-corrected chi connectivity index (χ3v) is 21.9. The minimum atomic E-state index is -0.0765. The van der Waals surface area contributed by atoms with Crippen LogP contribution in [0.3, 0.4) is 0 Å². The lowest BCUT2D eigenvalue weighted by Gasteiger charge is -2.56. The van der Waals surface area contributed by atoms with Crippen LogP contribution in [0.2, 0.25) is 5.82 Å². The van der Waals surface area contributed by atoms with Crippen molar-refractivity contribution in [2.24, 2.45) is 11.3 Å². The van der Waals surface area contributed by atoms with Gasteiger partial charge in [0.1, 0.15) is 0 Å². The van der Waals surface area contributed by atoms with E-state index >= 15 is 0 Å². The highest BCUT2D eigenvalue weighted by atomic mass is 15.3. The van der Waals surface area contributed by atoms with E-state index in [1.165, 1.54) is 124 Å². The molecule has 4 heteroatoms. The molecule has 4 aromatic rings. The Hall–Kier alpha value is -4.70. The Balaban J connectivity index is 1.16. The van der Waals surface area contributed by atoms with Gasteiger partial charge in [-0.05, 0) is 175 Å². The molecule has 2 saturated carbocycles. The molecule has 2 fully saturated rings. The summed E-state index contributed by atoms with van der Waals surface area (Å²) in [6.45, 7) is 40.3. The normalized spacial score (nSPS) is 31.7. The molecular formula is C67H82BN3. The SMILES string of the molecule is CC1=CC(C(C)(C)C)=CC(C)C1N1C2=CC3=C(CC2B2c4c1cc(N1c5ccc(C(C)(C)C)cc5C5(C)CCCCC15C)cc4N1c4c2c(C)cc(C)c4C2(C)CCCCC12C)C(C)(C)c1ccccc13. The molecule has 368 valence electrons. The molecule has 0 spiro atoms. The fourth-order valence-corrected chi connectivity index (χ4v) is 17.9. The maximum absolute atomic E-state index is 3.04. The highest BCUT2D eigenvalue weighted by Gasteiger charge is 2.65. The quantitative estimate of drug-likeness (QED) is 0.185. The monoisotopic (exact) mass is 940 g/mol. The van der Waals surface area contributed by atoms with E-state index in [1.54, 1.807) is 33.3 Å². The van der Waals surface area contributed by atoms with E-state index in [-0.39, 0.29) is 50.9 Å². The lowest BCUT2D eigenvalue weighted by Crippen LogP contribution is -2.64. The molecule has 4 aliphatic heterocycles. The van der Waals surface area contributed by atoms with E-state index in [9.17, 15) is 0 Å². The number of fused-ring (bicyclic) bond motifs is 12. The van der Waals surface area contributed by atoms with Gasteiger partial charge >= 0.3 is 0 Å². The van der Waals surface area contributed by atoms with Crippen molar-refractivity contribution < 1.29 is 0 Å². The number of rotatable bonds is 2. The molecule has 7 atom stereocenters. The van der Waals surface area contributed by atoms with Gasteiger partial charge in [0.15, 0.2) is 0 Å². The Morgan fingerprint density at radius 2 is 1.30 bits per heavy atom. The average molecular weight is 940 g/mol. The fourth-order valence-electron chi connectivity index (χ4n) is 17.9. The van der Waals surface area contributed by atoms with Gasteiger partial charge in [0.25, 0.3) is 0 Å². The number of aryl methyl sites for hydroxylation is 2. The predicted octanol–water partition coefficient (Wildman–Crippen LogP) is 16.2. The maximum Gasteiger partial charge on any atom is 0.227 e. The van der Waals surface area contributed by atoms with Gasteiger partial charge in [-0.25, -0.2) is 0 Å². The fraction of sp³-hybridized carbons (Fsp3) is 0.522. The Morgan fingerprint density at radius 3 is 1.99 bits per heavy atom. The molecule has 71 heavy (non-hydrogen) atoms. The minimum Gasteiger partial charge on any atom is -0.338 e. The average Bonchev–Trinajstić information content (AvgIpc) is 3.76. The first kappa shape index (κ1) is 46.1. The van der Waals surface area contributed by atoms with Crippen molar-refractivity contribution in [1.82, 2.24) is 0 Å². The summed E-state index contributed by atoms with van der Waals surface area (Å²) in [5, 5.41) is 0. The van der Waals surface area contributed by atoms with Gasteiger partial charge in [-0.3, -0.25) is 0 Å². The standard InChI is InChI=1S/C67H82BN3/c1-39-31-40(2)57-60-56(39)65(14)28-20-22-30-67(65,16)71(60)55-36-45(70-52-26-25-43(61(5,6)7)34-50(52)64(13)27-19-21-29-66(64,70)15)35-54-58(55)68(57)51-38-49-47(46-23-17-18-24-48(46)63(49,11)12)37-53(51)69(54)59-41(3)32-44(33-42(59)4)62(8,9)10/h17-18,23-26,31-37,41,51,59H,19-22,27-30,38H2,1-16H3. The molecule has 9 aliphatic rings. The van der Waals surface area contributed by atoms with Crippen molar-refractivity contribution in [3.8, 4) is 0 Å². The second-order valence-electron chi connectivity index (χ2n) is 28.2. The van der Waals surface area contributed by atoms with Crippen LogP contribution in [-0.2, 0) is 21.7 Å². The summed E-state index contributed by atoms with van der Waals surface area (Å²) in [4.78, 5) is 8.96. The molecular weight excluding hydrogens is 858 g/mol. The van der Waals surface area contributed by atoms with Crippen LogP contribution in [0, 0.1) is 25.2 Å². The van der Waals surface area contributed by atoms with Crippen molar-refractivity contribution in [2.75, 3.05) is 14.7 Å². The van der Waals surface area contributed by atoms with Crippen LogP contribution in [0.25, 0.3) is 5.57 Å². The molecule has 13 rings (SSSR count). The molecule has 0 aromatic heterocycles. The molecule has 5 aliphatic carbocycles. The molecule has 4 heterocycles. The van der Waals surface area contributed by atoms with Gasteiger partial charge in [0, 0.05) is 50.4 Å². The van der Waals surface area contributed by atoms with Gasteiger partial charge in [-0.2, -0.15) is 0 Å². The summed E-state index contributed by atoms with van der Waals surface area (Å²) >= 11 is 0. The Morgan fingerprint density at radius 1 is 0.634 bits per heavy atom. The van der Waals surface area contributed by atoms with E-state index < -0.39 is 0 Å². The number of allylic oxidation sites excluding steroid dienone is 6. The van der Waals surface area contributed by atoms with Crippen LogP contribution in [0.5, 0.6) is 0 Å². The molecule has 0 amide bonds. The summed E-state index contributed by atoms with van der Waals surface area (Å²) in [7, 11) is 0. The van der Waals surface area contributed by atoms with Gasteiger partial charge < -0.3 is 14.7 Å². The molecule has 7 unspecified atom stereocenters. The zero-order valence-corrected chi connectivity index (χ0v) is 46.5. The molecule has 4 aromatic carbocycles. The summed E-state index contributed by atoms with van der Waals surface area (Å²) < 4.78 is 0. The summed E-state index contributed by atoms with van der Waals surface area (Å²) in [5.74, 6) is 0.611. The Bertz CT molecular complexity index is 3180. The van der Waals surface area contributed by atoms with Crippen LogP contribution < -0.4 is 25.6 Å². The van der Waals surface area contributed by atoms with E-state index in [0.717, 1.165) is 6.42 Å². The first-order valence-corrected chi connectivity index (χ1v) is 28.2. The number of hydrogen-bond donors (Lipinski definition) is 0. The second-order valence-corrected chi connectivity index (χ2v) is 28.2. The lowest BCUT2D eigenvalue weighted by atomic mass is 9.28. The van der Waals surface area contributed by atoms with Crippen molar-refractivity contribution in [3.63, 3.8) is 0 Å². The lowest BCUT2D eigenvalue weighted by molar-refractivity contribution is 0.193. The number of hydrogen-bond acceptors (Lipinski definition) is 3. The Kier molecular flexibility index (Phi) is 9.30. The van der Waals surface area contributed by atoms with Gasteiger partial charge in [-0.1, -0.05) is 168 Å². The molecule has 0 radical (unpaired) electrons. The summed E-state index contributed by atoms with van der Waals surface area (Å²) in [6, 6.07) is 25.5. The first-order valence-electron chi connectivity index (χ1n) is 28.2. The summed E-state index contributed by atoms with van der Waals surface area (Å²) in [5.41, 5.74) is 28.9. The Labute approximate surface area is 429 Å². The topological polar surface area (TPSA) is 9.72 Å². The second kappa shape index (κ2) is 14.3. The predicted molar refractivity (Wildman–Crippen MR) is 305 cm³/mol. The first-order chi connectivity index (χ1) is 33.4. The minimum absolute atomic E-state index is 0.0284. The zero-order valence-electron chi connectivity index (χ0n) is 46.5. The van der Waals surface area contributed by atoms with E-state index in [1.807, 2.05) is 0 Å². The van der Waals surface area contributed by atoms with Crippen molar-refractivity contribution >= 4 is 51.6 Å². The molecule has 3 nitrogen and oxygen atoms in total. The van der Waals surface area contributed by atoms with Gasteiger partial charge in [-0.15, -0.1) is 0 Å². The van der Waals surface area contributed by atoms with Crippen LogP contribution >= 0.6 is 0 Å². The maximum atomic E-state index is 3.04. The van der Waals surface area contributed by atoms with E-state index in [0.29, 0.717) is 11.7 Å². The third-order valence-electron chi connectivity index (χ3n) is 21.9.